The highest BCUT2D eigenvalue weighted by Gasteiger charge is 2.43. The van der Waals surface area contributed by atoms with Crippen LogP contribution in [-0.2, 0) is 25.7 Å². The largest absolute Gasteiger partial charge is 0.467 e. The van der Waals surface area contributed by atoms with E-state index >= 15 is 0 Å². The number of hydrogen-bond acceptors (Lipinski definition) is 7. The zero-order valence-electron chi connectivity index (χ0n) is 14.0. The van der Waals surface area contributed by atoms with E-state index < -0.39 is 24.5 Å². The normalized spacial score (nSPS) is 19.3. The van der Waals surface area contributed by atoms with Gasteiger partial charge in [0.1, 0.15) is 22.9 Å². The Morgan fingerprint density at radius 3 is 2.69 bits per heavy atom. The van der Waals surface area contributed by atoms with Gasteiger partial charge in [-0.25, -0.2) is 4.79 Å². The van der Waals surface area contributed by atoms with Gasteiger partial charge in [-0.2, -0.15) is 0 Å². The maximum absolute atomic E-state index is 12.4. The molecule has 1 fully saturated rings. The van der Waals surface area contributed by atoms with E-state index in [1.807, 2.05) is 0 Å². The van der Waals surface area contributed by atoms with Crippen molar-refractivity contribution in [2.75, 3.05) is 12.4 Å². The molecule has 2 aromatic heterocycles. The Bertz CT molecular complexity index is 758. The first kappa shape index (κ1) is 18.1. The summed E-state index contributed by atoms with van der Waals surface area (Å²) < 4.78 is 15.5. The van der Waals surface area contributed by atoms with E-state index in [2.05, 4.69) is 5.32 Å². The van der Waals surface area contributed by atoms with Gasteiger partial charge in [0.15, 0.2) is 6.61 Å². The van der Waals surface area contributed by atoms with Crippen molar-refractivity contribution in [1.82, 2.24) is 10.2 Å². The molecule has 3 heterocycles. The van der Waals surface area contributed by atoms with Gasteiger partial charge in [0, 0.05) is 12.7 Å². The molecule has 1 aliphatic rings. The molecule has 2 amide bonds. The third-order valence-electron chi connectivity index (χ3n) is 3.81. The van der Waals surface area contributed by atoms with Crippen LogP contribution in [0.15, 0.2) is 45.6 Å². The highest BCUT2D eigenvalue weighted by molar-refractivity contribution is 7.99. The lowest BCUT2D eigenvalue weighted by atomic mass is 10.2. The Labute approximate surface area is 153 Å². The summed E-state index contributed by atoms with van der Waals surface area (Å²) in [5, 5.41) is 2.20. The van der Waals surface area contributed by atoms with E-state index in [0.29, 0.717) is 17.3 Å². The Hall–Kier alpha value is -2.68. The van der Waals surface area contributed by atoms with Crippen molar-refractivity contribution in [3.8, 4) is 0 Å². The fourth-order valence-corrected chi connectivity index (χ4v) is 4.02. The second-order valence-electron chi connectivity index (χ2n) is 5.61. The lowest BCUT2D eigenvalue weighted by molar-refractivity contribution is -0.156. The number of esters is 1. The predicted molar refractivity (Wildman–Crippen MR) is 91.7 cm³/mol. The summed E-state index contributed by atoms with van der Waals surface area (Å²) in [4.78, 5) is 37.6. The molecule has 0 aromatic carbocycles. The number of amides is 2. The van der Waals surface area contributed by atoms with Crippen molar-refractivity contribution >= 4 is 29.5 Å². The molecular weight excluding hydrogens is 360 g/mol. The topological polar surface area (TPSA) is 102 Å². The second kappa shape index (κ2) is 8.13. The molecule has 0 spiro atoms. The minimum atomic E-state index is -0.759. The highest BCUT2D eigenvalue weighted by Crippen LogP contribution is 2.41. The molecule has 138 valence electrons. The molecule has 0 aliphatic carbocycles. The van der Waals surface area contributed by atoms with Gasteiger partial charge in [0.2, 0.25) is 5.91 Å². The van der Waals surface area contributed by atoms with E-state index in [9.17, 15) is 14.4 Å². The number of carbonyl (C=O) groups excluding carboxylic acids is 3. The zero-order chi connectivity index (χ0) is 18.5. The van der Waals surface area contributed by atoms with Gasteiger partial charge in [-0.3, -0.25) is 9.59 Å². The summed E-state index contributed by atoms with van der Waals surface area (Å²) in [5.41, 5.74) is 0. The number of nitrogens with one attached hydrogen (secondary N) is 1. The summed E-state index contributed by atoms with van der Waals surface area (Å²) in [5.74, 6) is 0.239. The molecule has 0 saturated carbocycles. The first-order valence-corrected chi connectivity index (χ1v) is 9.00. The van der Waals surface area contributed by atoms with Gasteiger partial charge in [-0.15, -0.1) is 11.8 Å². The number of rotatable bonds is 6. The Morgan fingerprint density at radius 2 is 2.04 bits per heavy atom. The van der Waals surface area contributed by atoms with E-state index in [1.165, 1.54) is 36.1 Å². The molecule has 2 aromatic rings. The molecule has 9 heteroatoms. The predicted octanol–water partition coefficient (Wildman–Crippen LogP) is 1.69. The molecule has 0 bridgehead atoms. The first-order valence-electron chi connectivity index (χ1n) is 7.96. The number of nitrogens with zero attached hydrogens (tertiary/aromatic N) is 1. The SMILES string of the molecule is CC(=O)N1[C@@H](C(=O)OCC(=O)NCc2ccco2)CS[C@@H]1c1ccco1. The van der Waals surface area contributed by atoms with Crippen molar-refractivity contribution in [2.45, 2.75) is 24.9 Å². The van der Waals surface area contributed by atoms with E-state index in [0.717, 1.165) is 0 Å². The summed E-state index contributed by atoms with van der Waals surface area (Å²) in [6, 6.07) is 6.16. The average Bonchev–Trinajstić information content (AvgIpc) is 3.37. The van der Waals surface area contributed by atoms with Crippen LogP contribution in [0, 0.1) is 0 Å². The van der Waals surface area contributed by atoms with Crippen LogP contribution in [0.5, 0.6) is 0 Å². The van der Waals surface area contributed by atoms with Crippen LogP contribution in [0.3, 0.4) is 0 Å². The molecule has 3 rings (SSSR count). The summed E-state index contributed by atoms with van der Waals surface area (Å²) in [6.45, 7) is 1.18. The van der Waals surface area contributed by atoms with Gasteiger partial charge in [-0.05, 0) is 24.3 Å². The molecule has 1 aliphatic heterocycles. The smallest absolute Gasteiger partial charge is 0.330 e. The van der Waals surface area contributed by atoms with Crippen molar-refractivity contribution in [3.05, 3.63) is 48.3 Å². The third kappa shape index (κ3) is 4.10. The first-order chi connectivity index (χ1) is 12.6. The molecule has 2 atom stereocenters. The second-order valence-corrected chi connectivity index (χ2v) is 6.72. The van der Waals surface area contributed by atoms with Gasteiger partial charge in [0.05, 0.1) is 19.1 Å². The number of furan rings is 2. The standard InChI is InChI=1S/C17H18N2O6S/c1-11(20)19-13(10-26-16(19)14-5-3-7-24-14)17(22)25-9-15(21)18-8-12-4-2-6-23-12/h2-7,13,16H,8-10H2,1H3,(H,18,21)/t13-,16-/m1/s1. The molecule has 1 N–H and O–H groups in total. The van der Waals surface area contributed by atoms with Gasteiger partial charge in [0.25, 0.3) is 5.91 Å². The van der Waals surface area contributed by atoms with Crippen molar-refractivity contribution in [3.63, 3.8) is 0 Å². The summed E-state index contributed by atoms with van der Waals surface area (Å²) in [7, 11) is 0. The van der Waals surface area contributed by atoms with Crippen LogP contribution in [0.1, 0.15) is 23.8 Å². The molecule has 26 heavy (non-hydrogen) atoms. The Balaban J connectivity index is 1.53. The van der Waals surface area contributed by atoms with Crippen LogP contribution >= 0.6 is 11.8 Å². The molecule has 0 unspecified atom stereocenters. The minimum Gasteiger partial charge on any atom is -0.467 e. The number of ether oxygens (including phenoxy) is 1. The van der Waals surface area contributed by atoms with Crippen LogP contribution in [-0.4, -0.2) is 41.1 Å². The van der Waals surface area contributed by atoms with Crippen LogP contribution in [0.2, 0.25) is 0 Å². The van der Waals surface area contributed by atoms with Crippen molar-refractivity contribution in [1.29, 1.82) is 0 Å². The number of thioether (sulfide) groups is 1. The monoisotopic (exact) mass is 378 g/mol. The lowest BCUT2D eigenvalue weighted by Gasteiger charge is -2.25. The average molecular weight is 378 g/mol. The molecule has 8 nitrogen and oxygen atoms in total. The maximum Gasteiger partial charge on any atom is 0.330 e. The van der Waals surface area contributed by atoms with E-state index in [-0.39, 0.29) is 17.8 Å². The van der Waals surface area contributed by atoms with E-state index in [4.69, 9.17) is 13.6 Å². The molecule has 0 radical (unpaired) electrons. The number of carbonyl (C=O) groups is 3. The fraction of sp³-hybridized carbons (Fsp3) is 0.353. The summed E-state index contributed by atoms with van der Waals surface area (Å²) >= 11 is 1.41. The van der Waals surface area contributed by atoms with Crippen molar-refractivity contribution < 1.29 is 28.0 Å². The van der Waals surface area contributed by atoms with Crippen LogP contribution in [0.4, 0.5) is 0 Å². The van der Waals surface area contributed by atoms with Crippen LogP contribution in [0.25, 0.3) is 0 Å². The number of hydrogen-bond donors (Lipinski definition) is 1. The quantitative estimate of drug-likeness (QED) is 0.763. The molecule has 1 saturated heterocycles. The lowest BCUT2D eigenvalue weighted by Crippen LogP contribution is -2.43. The maximum atomic E-state index is 12.4. The van der Waals surface area contributed by atoms with Gasteiger partial charge < -0.3 is 23.8 Å². The van der Waals surface area contributed by atoms with Gasteiger partial charge in [-0.1, -0.05) is 0 Å². The fourth-order valence-electron chi connectivity index (χ4n) is 2.61. The summed E-state index contributed by atoms with van der Waals surface area (Å²) in [6.07, 6.45) is 3.02. The van der Waals surface area contributed by atoms with E-state index in [1.54, 1.807) is 24.3 Å². The Morgan fingerprint density at radius 1 is 1.27 bits per heavy atom. The van der Waals surface area contributed by atoms with Crippen LogP contribution < -0.4 is 5.32 Å². The molecular formula is C17H18N2O6S. The zero-order valence-corrected chi connectivity index (χ0v) is 14.9. The Kier molecular flexibility index (Phi) is 5.67. The highest BCUT2D eigenvalue weighted by atomic mass is 32.2. The minimum absolute atomic E-state index is 0.211. The third-order valence-corrected chi connectivity index (χ3v) is 5.09. The van der Waals surface area contributed by atoms with Gasteiger partial charge >= 0.3 is 5.97 Å². The van der Waals surface area contributed by atoms with Crippen molar-refractivity contribution in [2.24, 2.45) is 0 Å².